The zero-order valence-electron chi connectivity index (χ0n) is 2.36. The van der Waals surface area contributed by atoms with E-state index in [9.17, 15) is 0 Å². The van der Waals surface area contributed by atoms with E-state index in [1.54, 1.807) is 0 Å². The molecule has 0 aromatic rings. The highest BCUT2D eigenvalue weighted by atomic mass is 14.9. The van der Waals surface area contributed by atoms with Gasteiger partial charge in [0.2, 0.25) is 0 Å². The third-order valence-electron chi connectivity index (χ3n) is 0.167. The summed E-state index contributed by atoms with van der Waals surface area (Å²) >= 11 is 0. The average Bonchev–Trinajstić information content (AvgIpc) is 1.46. The Kier molecular flexibility index (Phi) is 0.787. The lowest BCUT2D eigenvalue weighted by Crippen LogP contribution is -1.54. The Balaban J connectivity index is 0.0000000900. The SMILES string of the molecule is C1=CN1.N. The van der Waals surface area contributed by atoms with E-state index in [1.165, 1.54) is 0 Å². The van der Waals surface area contributed by atoms with Gasteiger partial charge in [0, 0.05) is 12.4 Å². The molecular weight excluding hydrogens is 52.0 g/mol. The van der Waals surface area contributed by atoms with Crippen molar-refractivity contribution in [2.24, 2.45) is 0 Å². The van der Waals surface area contributed by atoms with Gasteiger partial charge in [-0.25, -0.2) is 0 Å². The summed E-state index contributed by atoms with van der Waals surface area (Å²) < 4.78 is 0. The second-order valence-corrected chi connectivity index (χ2v) is 0.500. The summed E-state index contributed by atoms with van der Waals surface area (Å²) in [5.41, 5.74) is 0. The molecule has 4 heavy (non-hydrogen) atoms. The van der Waals surface area contributed by atoms with E-state index < -0.39 is 0 Å². The van der Waals surface area contributed by atoms with Crippen LogP contribution in [0.3, 0.4) is 0 Å². The molecule has 24 valence electrons. The highest BCUT2D eigenvalue weighted by Gasteiger charge is 1.69. The summed E-state index contributed by atoms with van der Waals surface area (Å²) in [7, 11) is 0. The molecule has 0 spiro atoms. The van der Waals surface area contributed by atoms with Crippen LogP contribution in [0.25, 0.3) is 0 Å². The summed E-state index contributed by atoms with van der Waals surface area (Å²) in [4.78, 5) is 0. The standard InChI is InChI=1S/C2H3N.H3N/c1-2-3-1;/h1-3H;1H3. The Hall–Kier alpha value is -0.500. The van der Waals surface area contributed by atoms with Gasteiger partial charge in [0.1, 0.15) is 0 Å². The first-order valence-electron chi connectivity index (χ1n) is 0.911. The van der Waals surface area contributed by atoms with Crippen LogP contribution in [0.4, 0.5) is 0 Å². The third-order valence-corrected chi connectivity index (χ3v) is 0.167. The van der Waals surface area contributed by atoms with Crippen LogP contribution < -0.4 is 11.5 Å². The van der Waals surface area contributed by atoms with Gasteiger partial charge in [-0.15, -0.1) is 0 Å². The van der Waals surface area contributed by atoms with E-state index in [2.05, 4.69) is 5.32 Å². The molecule has 0 amide bonds. The normalized spacial score (nSPS) is 12.0. The first-order valence-corrected chi connectivity index (χ1v) is 0.911. The number of hydrogen-bond acceptors (Lipinski definition) is 2. The van der Waals surface area contributed by atoms with Crippen LogP contribution in [0.5, 0.6) is 0 Å². The van der Waals surface area contributed by atoms with Crippen molar-refractivity contribution >= 4 is 0 Å². The van der Waals surface area contributed by atoms with E-state index in [1.807, 2.05) is 12.4 Å². The fourth-order valence-corrected chi connectivity index (χ4v) is 0. The molecule has 0 aromatic heterocycles. The van der Waals surface area contributed by atoms with Crippen LogP contribution >= 0.6 is 0 Å². The molecule has 1 heterocycles. The molecular formula is C2H6N2. The fourth-order valence-electron chi connectivity index (χ4n) is 0. The minimum atomic E-state index is 0. The van der Waals surface area contributed by atoms with Gasteiger partial charge < -0.3 is 11.5 Å². The van der Waals surface area contributed by atoms with Crippen molar-refractivity contribution in [3.8, 4) is 0 Å². The van der Waals surface area contributed by atoms with Crippen LogP contribution in [0.1, 0.15) is 0 Å². The van der Waals surface area contributed by atoms with Crippen LogP contribution in [-0.4, -0.2) is 0 Å². The van der Waals surface area contributed by atoms with Crippen LogP contribution in [0.15, 0.2) is 12.4 Å². The molecule has 0 bridgehead atoms. The van der Waals surface area contributed by atoms with Gasteiger partial charge in [0.25, 0.3) is 0 Å². The monoisotopic (exact) mass is 58.1 g/mol. The summed E-state index contributed by atoms with van der Waals surface area (Å²) in [5.74, 6) is 0. The van der Waals surface area contributed by atoms with Crippen molar-refractivity contribution in [1.82, 2.24) is 11.5 Å². The molecule has 0 atom stereocenters. The van der Waals surface area contributed by atoms with Gasteiger partial charge in [0.15, 0.2) is 0 Å². The maximum atomic E-state index is 2.75. The topological polar surface area (TPSA) is 56.9 Å². The minimum absolute atomic E-state index is 0. The van der Waals surface area contributed by atoms with Gasteiger partial charge in [0.05, 0.1) is 0 Å². The van der Waals surface area contributed by atoms with Crippen LogP contribution in [0, 0.1) is 0 Å². The van der Waals surface area contributed by atoms with E-state index in [4.69, 9.17) is 0 Å². The molecule has 0 aliphatic carbocycles. The van der Waals surface area contributed by atoms with E-state index >= 15 is 0 Å². The fraction of sp³-hybridized carbons (Fsp3) is 0. The second-order valence-electron chi connectivity index (χ2n) is 0.500. The van der Waals surface area contributed by atoms with Gasteiger partial charge in [-0.2, -0.15) is 0 Å². The zero-order chi connectivity index (χ0) is 2.12. The maximum Gasteiger partial charge on any atom is 0.0167 e. The van der Waals surface area contributed by atoms with Crippen molar-refractivity contribution in [3.63, 3.8) is 0 Å². The Morgan fingerprint density at radius 3 is 1.50 bits per heavy atom. The summed E-state index contributed by atoms with van der Waals surface area (Å²) in [5, 5.41) is 2.75. The number of rotatable bonds is 0. The minimum Gasteiger partial charge on any atom is -0.365 e. The molecule has 4 N–H and O–H groups in total. The quantitative estimate of drug-likeness (QED) is 0.418. The van der Waals surface area contributed by atoms with Crippen molar-refractivity contribution in [2.45, 2.75) is 0 Å². The highest BCUT2D eigenvalue weighted by molar-refractivity contribution is 4.94. The summed E-state index contributed by atoms with van der Waals surface area (Å²) in [6.07, 6.45) is 3.75. The first kappa shape index (κ1) is 3.50. The van der Waals surface area contributed by atoms with Gasteiger partial charge in [-0.1, -0.05) is 0 Å². The molecule has 2 nitrogen and oxygen atoms in total. The molecule has 0 fully saturated rings. The largest absolute Gasteiger partial charge is 0.365 e. The molecule has 0 aromatic carbocycles. The lowest BCUT2D eigenvalue weighted by Gasteiger charge is -1.34. The predicted molar refractivity (Wildman–Crippen MR) is 17.3 cm³/mol. The third kappa shape index (κ3) is 1.50. The first-order chi connectivity index (χ1) is 1.50. The maximum absolute atomic E-state index is 2.75. The van der Waals surface area contributed by atoms with E-state index in [0.717, 1.165) is 0 Å². The molecule has 1 aliphatic rings. The number of nitrogens with one attached hydrogen (secondary N) is 1. The van der Waals surface area contributed by atoms with Crippen molar-refractivity contribution in [1.29, 1.82) is 0 Å². The zero-order valence-corrected chi connectivity index (χ0v) is 2.36. The Morgan fingerprint density at radius 2 is 1.50 bits per heavy atom. The number of hydrogen-bond donors (Lipinski definition) is 2. The van der Waals surface area contributed by atoms with E-state index in [0.29, 0.717) is 0 Å². The second kappa shape index (κ2) is 0.900. The summed E-state index contributed by atoms with van der Waals surface area (Å²) in [6, 6.07) is 0. The molecule has 0 saturated heterocycles. The van der Waals surface area contributed by atoms with Gasteiger partial charge in [-0.05, 0) is 0 Å². The molecule has 2 heteroatoms. The molecule has 0 unspecified atom stereocenters. The molecule has 1 aliphatic heterocycles. The van der Waals surface area contributed by atoms with Crippen molar-refractivity contribution in [3.05, 3.63) is 12.4 Å². The lowest BCUT2D eigenvalue weighted by molar-refractivity contribution is 1.45. The Labute approximate surface area is 25.1 Å². The van der Waals surface area contributed by atoms with Gasteiger partial charge in [-0.3, -0.25) is 0 Å². The Bertz CT molecular complexity index is 27.0. The lowest BCUT2D eigenvalue weighted by atomic mass is 11.3. The molecule has 0 radical (unpaired) electrons. The predicted octanol–water partition coefficient (Wildman–Crippen LogP) is 0.223. The van der Waals surface area contributed by atoms with Crippen molar-refractivity contribution in [2.75, 3.05) is 0 Å². The van der Waals surface area contributed by atoms with Gasteiger partial charge >= 0.3 is 0 Å². The van der Waals surface area contributed by atoms with Crippen LogP contribution in [0.2, 0.25) is 0 Å². The molecule has 1 rings (SSSR count). The Morgan fingerprint density at radius 1 is 1.25 bits per heavy atom. The molecule has 0 saturated carbocycles. The average molecular weight is 58.1 g/mol. The van der Waals surface area contributed by atoms with Crippen LogP contribution in [-0.2, 0) is 0 Å². The highest BCUT2D eigenvalue weighted by Crippen LogP contribution is 1.69. The van der Waals surface area contributed by atoms with E-state index in [-0.39, 0.29) is 6.15 Å². The smallest absolute Gasteiger partial charge is 0.0167 e. The summed E-state index contributed by atoms with van der Waals surface area (Å²) in [6.45, 7) is 0. The van der Waals surface area contributed by atoms with Crippen molar-refractivity contribution < 1.29 is 0 Å².